The summed E-state index contributed by atoms with van der Waals surface area (Å²) in [7, 11) is 0. The van der Waals surface area contributed by atoms with Gasteiger partial charge in [-0.25, -0.2) is 4.79 Å². The number of carbonyl (C=O) groups excluding carboxylic acids is 1. The number of ether oxygens (including phenoxy) is 1. The van der Waals surface area contributed by atoms with Crippen LogP contribution in [-0.2, 0) is 4.74 Å². The molecule has 1 heterocycles. The van der Waals surface area contributed by atoms with E-state index in [0.29, 0.717) is 24.0 Å². The van der Waals surface area contributed by atoms with E-state index in [9.17, 15) is 4.79 Å². The Kier molecular flexibility index (Phi) is 4.38. The smallest absolute Gasteiger partial charge is 0.338 e. The van der Waals surface area contributed by atoms with Gasteiger partial charge in [-0.2, -0.15) is 0 Å². The van der Waals surface area contributed by atoms with Crippen molar-refractivity contribution in [1.29, 1.82) is 0 Å². The molecule has 1 N–H and O–H groups in total. The Balaban J connectivity index is 1.71. The highest BCUT2D eigenvalue weighted by Crippen LogP contribution is 2.50. The van der Waals surface area contributed by atoms with E-state index in [-0.39, 0.29) is 12.0 Å². The number of halogens is 1. The lowest BCUT2D eigenvalue weighted by Crippen LogP contribution is -2.29. The number of rotatable bonds is 3. The highest BCUT2D eigenvalue weighted by atomic mass is 79.9. The molecule has 0 aromatic heterocycles. The first-order chi connectivity index (χ1) is 12.2. The second-order valence-electron chi connectivity index (χ2n) is 6.55. The zero-order chi connectivity index (χ0) is 17.4. The largest absolute Gasteiger partial charge is 0.462 e. The zero-order valence-electron chi connectivity index (χ0n) is 14.0. The van der Waals surface area contributed by atoms with Crippen LogP contribution in [0, 0.1) is 5.92 Å². The minimum atomic E-state index is -0.251. The van der Waals surface area contributed by atoms with E-state index in [0.717, 1.165) is 16.6 Å². The maximum Gasteiger partial charge on any atom is 0.338 e. The molecule has 0 spiro atoms. The number of fused-ring (bicyclic) bond motifs is 3. The Bertz CT molecular complexity index is 828. The Morgan fingerprint density at radius 3 is 2.80 bits per heavy atom. The van der Waals surface area contributed by atoms with Crippen LogP contribution in [0.3, 0.4) is 0 Å². The van der Waals surface area contributed by atoms with Gasteiger partial charge < -0.3 is 10.1 Å². The van der Waals surface area contributed by atoms with Gasteiger partial charge in [0.15, 0.2) is 0 Å². The number of carbonyl (C=O) groups is 1. The summed E-state index contributed by atoms with van der Waals surface area (Å²) in [6.45, 7) is 2.22. The standard InChI is InChI=1S/C21H20BrNO2/c1-2-25-21(24)14-8-11-19-18(12-14)16-4-3-5-17(16)20(23-19)13-6-9-15(22)10-7-13/h3-4,6-12,16-17,20,23H,2,5H2,1H3/t16-,17-,20+/m1/s1. The molecule has 128 valence electrons. The van der Waals surface area contributed by atoms with Crippen molar-refractivity contribution in [2.24, 2.45) is 5.92 Å². The molecular weight excluding hydrogens is 378 g/mol. The summed E-state index contributed by atoms with van der Waals surface area (Å²) in [5, 5.41) is 3.69. The monoisotopic (exact) mass is 397 g/mol. The molecule has 2 aromatic carbocycles. The fourth-order valence-corrected chi connectivity index (χ4v) is 4.20. The van der Waals surface area contributed by atoms with E-state index in [1.54, 1.807) is 0 Å². The fraction of sp³-hybridized carbons (Fsp3) is 0.286. The first kappa shape index (κ1) is 16.4. The van der Waals surface area contributed by atoms with Gasteiger partial charge in [0.05, 0.1) is 18.2 Å². The zero-order valence-corrected chi connectivity index (χ0v) is 15.6. The maximum absolute atomic E-state index is 12.1. The van der Waals surface area contributed by atoms with E-state index in [4.69, 9.17) is 4.74 Å². The molecule has 4 heteroatoms. The topological polar surface area (TPSA) is 38.3 Å². The van der Waals surface area contributed by atoms with Crippen molar-refractivity contribution >= 4 is 27.6 Å². The van der Waals surface area contributed by atoms with E-state index in [1.165, 1.54) is 11.1 Å². The molecule has 0 unspecified atom stereocenters. The number of hydrogen-bond acceptors (Lipinski definition) is 3. The third kappa shape index (κ3) is 2.99. The fourth-order valence-electron chi connectivity index (χ4n) is 3.94. The molecule has 1 aliphatic carbocycles. The SMILES string of the molecule is CCOC(=O)c1ccc2c(c1)[C@@H]1C=CC[C@H]1[C@H](c1ccc(Br)cc1)N2. The average molecular weight is 398 g/mol. The molecule has 0 saturated carbocycles. The van der Waals surface area contributed by atoms with Gasteiger partial charge in [0.25, 0.3) is 0 Å². The summed E-state index contributed by atoms with van der Waals surface area (Å²) in [4.78, 5) is 12.1. The molecule has 3 nitrogen and oxygen atoms in total. The molecule has 0 bridgehead atoms. The van der Waals surface area contributed by atoms with Gasteiger partial charge in [-0.3, -0.25) is 0 Å². The first-order valence-corrected chi connectivity index (χ1v) is 9.46. The van der Waals surface area contributed by atoms with Gasteiger partial charge in [0.2, 0.25) is 0 Å². The Hall–Kier alpha value is -2.07. The Morgan fingerprint density at radius 1 is 1.24 bits per heavy atom. The average Bonchev–Trinajstić information content (AvgIpc) is 3.11. The predicted octanol–water partition coefficient (Wildman–Crippen LogP) is 5.45. The van der Waals surface area contributed by atoms with Crippen LogP contribution >= 0.6 is 15.9 Å². The summed E-state index contributed by atoms with van der Waals surface area (Å²) in [6.07, 6.45) is 5.58. The molecule has 2 aromatic rings. The first-order valence-electron chi connectivity index (χ1n) is 8.67. The number of benzene rings is 2. The number of esters is 1. The van der Waals surface area contributed by atoms with Crippen LogP contribution in [0.4, 0.5) is 5.69 Å². The molecule has 4 rings (SSSR count). The third-order valence-electron chi connectivity index (χ3n) is 5.10. The van der Waals surface area contributed by atoms with Gasteiger partial charge in [-0.05, 0) is 60.7 Å². The van der Waals surface area contributed by atoms with E-state index in [2.05, 4.69) is 57.7 Å². The van der Waals surface area contributed by atoms with Crippen LogP contribution in [0.2, 0.25) is 0 Å². The molecule has 3 atom stereocenters. The highest BCUT2D eigenvalue weighted by molar-refractivity contribution is 9.10. The summed E-state index contributed by atoms with van der Waals surface area (Å²) in [6, 6.07) is 14.7. The van der Waals surface area contributed by atoms with Crippen LogP contribution in [-0.4, -0.2) is 12.6 Å². The predicted molar refractivity (Wildman–Crippen MR) is 103 cm³/mol. The minimum absolute atomic E-state index is 0.251. The normalized spacial score (nSPS) is 23.5. The van der Waals surface area contributed by atoms with Gasteiger partial charge >= 0.3 is 5.97 Å². The molecule has 0 fully saturated rings. The lowest BCUT2D eigenvalue weighted by molar-refractivity contribution is 0.0526. The lowest BCUT2D eigenvalue weighted by atomic mass is 9.76. The van der Waals surface area contributed by atoms with Crippen LogP contribution in [0.25, 0.3) is 0 Å². The van der Waals surface area contributed by atoms with Crippen molar-refractivity contribution in [1.82, 2.24) is 0 Å². The number of allylic oxidation sites excluding steroid dienone is 2. The van der Waals surface area contributed by atoms with Gasteiger partial charge in [0.1, 0.15) is 0 Å². The quantitative estimate of drug-likeness (QED) is 0.552. The van der Waals surface area contributed by atoms with Gasteiger partial charge in [-0.1, -0.05) is 40.2 Å². The molecule has 0 amide bonds. The van der Waals surface area contributed by atoms with Crippen LogP contribution < -0.4 is 5.32 Å². The minimum Gasteiger partial charge on any atom is -0.462 e. The lowest BCUT2D eigenvalue weighted by Gasteiger charge is -2.37. The van der Waals surface area contributed by atoms with Crippen molar-refractivity contribution in [3.63, 3.8) is 0 Å². The molecule has 1 aliphatic heterocycles. The highest BCUT2D eigenvalue weighted by Gasteiger charge is 2.38. The second-order valence-corrected chi connectivity index (χ2v) is 7.47. The van der Waals surface area contributed by atoms with Gasteiger partial charge in [-0.15, -0.1) is 0 Å². The summed E-state index contributed by atoms with van der Waals surface area (Å²) >= 11 is 3.51. The molecule has 25 heavy (non-hydrogen) atoms. The maximum atomic E-state index is 12.1. The van der Waals surface area contributed by atoms with Gasteiger partial charge in [0, 0.05) is 16.1 Å². The summed E-state index contributed by atoms with van der Waals surface area (Å²) < 4.78 is 6.24. The molecular formula is C21H20BrNO2. The van der Waals surface area contributed by atoms with Crippen LogP contribution in [0.5, 0.6) is 0 Å². The Labute approximate surface area is 156 Å². The van der Waals surface area contributed by atoms with E-state index in [1.807, 2.05) is 25.1 Å². The third-order valence-corrected chi connectivity index (χ3v) is 5.63. The summed E-state index contributed by atoms with van der Waals surface area (Å²) in [5.74, 6) is 0.546. The number of hydrogen-bond donors (Lipinski definition) is 1. The van der Waals surface area contributed by atoms with Crippen molar-refractivity contribution in [2.75, 3.05) is 11.9 Å². The van der Waals surface area contributed by atoms with Crippen LogP contribution in [0.1, 0.15) is 46.8 Å². The van der Waals surface area contributed by atoms with Crippen molar-refractivity contribution in [3.05, 3.63) is 75.8 Å². The number of nitrogens with one attached hydrogen (secondary N) is 1. The van der Waals surface area contributed by atoms with Crippen molar-refractivity contribution in [3.8, 4) is 0 Å². The van der Waals surface area contributed by atoms with E-state index < -0.39 is 0 Å². The van der Waals surface area contributed by atoms with Crippen molar-refractivity contribution < 1.29 is 9.53 Å². The summed E-state index contributed by atoms with van der Waals surface area (Å²) in [5.41, 5.74) is 4.22. The van der Waals surface area contributed by atoms with Crippen molar-refractivity contribution in [2.45, 2.75) is 25.3 Å². The second kappa shape index (κ2) is 6.68. The molecule has 0 saturated heterocycles. The molecule has 0 radical (unpaired) electrons. The van der Waals surface area contributed by atoms with Crippen LogP contribution in [0.15, 0.2) is 59.1 Å². The number of anilines is 1. The van der Waals surface area contributed by atoms with E-state index >= 15 is 0 Å². The Morgan fingerprint density at radius 2 is 2.04 bits per heavy atom. The molecule has 2 aliphatic rings.